The predicted octanol–water partition coefficient (Wildman–Crippen LogP) is 4.94. The van der Waals surface area contributed by atoms with Crippen LogP contribution in [0.15, 0.2) is 54.6 Å². The molecule has 0 unspecified atom stereocenters. The number of aryl methyl sites for hydroxylation is 2. The lowest BCUT2D eigenvalue weighted by Gasteiger charge is -2.07. The highest BCUT2D eigenvalue weighted by Gasteiger charge is 2.14. The molecular formula is C19H19ClN2. The summed E-state index contributed by atoms with van der Waals surface area (Å²) in [5.74, 6) is 0.650. The van der Waals surface area contributed by atoms with E-state index >= 15 is 0 Å². The molecule has 3 rings (SSSR count). The Bertz CT molecular complexity index is 758. The minimum absolute atomic E-state index is 0.650. The monoisotopic (exact) mass is 310 g/mol. The van der Waals surface area contributed by atoms with Gasteiger partial charge in [0.25, 0.3) is 0 Å². The number of hydrogen-bond acceptors (Lipinski definition) is 1. The molecule has 0 radical (unpaired) electrons. The third-order valence-electron chi connectivity index (χ3n) is 3.92. The first-order valence-corrected chi connectivity index (χ1v) is 8.01. The maximum absolute atomic E-state index is 5.79. The zero-order valence-corrected chi connectivity index (χ0v) is 13.6. The second-order valence-corrected chi connectivity index (χ2v) is 5.81. The molecule has 0 spiro atoms. The lowest BCUT2D eigenvalue weighted by atomic mass is 10.0. The van der Waals surface area contributed by atoms with Crippen molar-refractivity contribution in [1.29, 1.82) is 0 Å². The van der Waals surface area contributed by atoms with Gasteiger partial charge in [0.2, 0.25) is 0 Å². The standard InChI is InChI=1S/C19H19ClN2/c1-14-19(17-6-4-3-5-7-17)15(2)22(21-14)18-10-8-16(9-11-18)12-13-20/h3-11H,12-13H2,1-2H3. The highest BCUT2D eigenvalue weighted by Crippen LogP contribution is 2.28. The van der Waals surface area contributed by atoms with Gasteiger partial charge in [-0.3, -0.25) is 0 Å². The molecule has 112 valence electrons. The summed E-state index contributed by atoms with van der Waals surface area (Å²) >= 11 is 5.79. The summed E-state index contributed by atoms with van der Waals surface area (Å²) in [4.78, 5) is 0. The molecule has 2 nitrogen and oxygen atoms in total. The smallest absolute Gasteiger partial charge is 0.0679 e. The number of hydrogen-bond donors (Lipinski definition) is 0. The quantitative estimate of drug-likeness (QED) is 0.624. The van der Waals surface area contributed by atoms with Crippen LogP contribution in [0.25, 0.3) is 16.8 Å². The Morgan fingerprint density at radius 3 is 2.27 bits per heavy atom. The SMILES string of the molecule is Cc1nn(-c2ccc(CCCl)cc2)c(C)c1-c1ccccc1. The average molecular weight is 311 g/mol. The molecule has 0 amide bonds. The first kappa shape index (κ1) is 14.9. The Morgan fingerprint density at radius 2 is 1.64 bits per heavy atom. The summed E-state index contributed by atoms with van der Waals surface area (Å²) in [7, 11) is 0. The summed E-state index contributed by atoms with van der Waals surface area (Å²) in [6.07, 6.45) is 0.897. The van der Waals surface area contributed by atoms with Crippen LogP contribution < -0.4 is 0 Å². The van der Waals surface area contributed by atoms with Crippen LogP contribution in [-0.2, 0) is 6.42 Å². The first-order chi connectivity index (χ1) is 10.7. The lowest BCUT2D eigenvalue weighted by Crippen LogP contribution is -1.99. The van der Waals surface area contributed by atoms with Gasteiger partial charge in [0.05, 0.1) is 11.4 Å². The molecule has 0 bridgehead atoms. The molecule has 3 heteroatoms. The summed E-state index contributed by atoms with van der Waals surface area (Å²) in [5, 5.41) is 4.72. The van der Waals surface area contributed by atoms with E-state index in [-0.39, 0.29) is 0 Å². The highest BCUT2D eigenvalue weighted by molar-refractivity contribution is 6.17. The minimum atomic E-state index is 0.650. The second-order valence-electron chi connectivity index (χ2n) is 5.43. The van der Waals surface area contributed by atoms with Crippen molar-refractivity contribution in [3.05, 3.63) is 71.5 Å². The Hall–Kier alpha value is -2.06. The molecular weight excluding hydrogens is 292 g/mol. The van der Waals surface area contributed by atoms with E-state index in [4.69, 9.17) is 16.7 Å². The van der Waals surface area contributed by atoms with Crippen LogP contribution in [0.4, 0.5) is 0 Å². The van der Waals surface area contributed by atoms with Crippen molar-refractivity contribution < 1.29 is 0 Å². The zero-order valence-electron chi connectivity index (χ0n) is 12.9. The summed E-state index contributed by atoms with van der Waals surface area (Å²) < 4.78 is 2.02. The van der Waals surface area contributed by atoms with Crippen molar-refractivity contribution in [2.24, 2.45) is 0 Å². The van der Waals surface area contributed by atoms with E-state index in [1.165, 1.54) is 16.7 Å². The van der Waals surface area contributed by atoms with Crippen LogP contribution in [0.5, 0.6) is 0 Å². The number of aromatic nitrogens is 2. The molecule has 0 aliphatic rings. The molecule has 0 fully saturated rings. The van der Waals surface area contributed by atoms with Crippen LogP contribution in [0.2, 0.25) is 0 Å². The predicted molar refractivity (Wildman–Crippen MR) is 92.9 cm³/mol. The van der Waals surface area contributed by atoms with Gasteiger partial charge in [0, 0.05) is 17.1 Å². The first-order valence-electron chi connectivity index (χ1n) is 7.47. The van der Waals surface area contributed by atoms with E-state index < -0.39 is 0 Å². The van der Waals surface area contributed by atoms with Crippen molar-refractivity contribution in [3.8, 4) is 16.8 Å². The van der Waals surface area contributed by atoms with Gasteiger partial charge in [0.15, 0.2) is 0 Å². The Morgan fingerprint density at radius 1 is 0.955 bits per heavy atom. The van der Waals surface area contributed by atoms with E-state index in [1.807, 2.05) is 10.7 Å². The fourth-order valence-electron chi connectivity index (χ4n) is 2.83. The molecule has 0 aliphatic heterocycles. The number of benzene rings is 2. The molecule has 0 N–H and O–H groups in total. The van der Waals surface area contributed by atoms with Gasteiger partial charge in [-0.15, -0.1) is 11.6 Å². The minimum Gasteiger partial charge on any atom is -0.237 e. The van der Waals surface area contributed by atoms with Gasteiger partial charge in [-0.25, -0.2) is 4.68 Å². The van der Waals surface area contributed by atoms with Gasteiger partial charge in [-0.2, -0.15) is 5.10 Å². The topological polar surface area (TPSA) is 17.8 Å². The van der Waals surface area contributed by atoms with Gasteiger partial charge in [-0.05, 0) is 43.5 Å². The van der Waals surface area contributed by atoms with Crippen LogP contribution >= 0.6 is 11.6 Å². The van der Waals surface area contributed by atoms with Gasteiger partial charge < -0.3 is 0 Å². The molecule has 0 saturated carbocycles. The van der Waals surface area contributed by atoms with Crippen molar-refractivity contribution in [1.82, 2.24) is 9.78 Å². The molecule has 22 heavy (non-hydrogen) atoms. The fourth-order valence-corrected chi connectivity index (χ4v) is 3.05. The van der Waals surface area contributed by atoms with Crippen LogP contribution in [0.1, 0.15) is 17.0 Å². The van der Waals surface area contributed by atoms with Crippen LogP contribution in [0, 0.1) is 13.8 Å². The van der Waals surface area contributed by atoms with E-state index in [1.54, 1.807) is 0 Å². The zero-order chi connectivity index (χ0) is 15.5. The molecule has 0 atom stereocenters. The van der Waals surface area contributed by atoms with Crippen molar-refractivity contribution in [3.63, 3.8) is 0 Å². The van der Waals surface area contributed by atoms with Crippen molar-refractivity contribution in [2.45, 2.75) is 20.3 Å². The third kappa shape index (κ3) is 2.79. The maximum atomic E-state index is 5.79. The lowest BCUT2D eigenvalue weighted by molar-refractivity contribution is 0.833. The summed E-state index contributed by atoms with van der Waals surface area (Å²) in [5.41, 5.74) is 6.97. The second kappa shape index (κ2) is 6.37. The van der Waals surface area contributed by atoms with Gasteiger partial charge >= 0.3 is 0 Å². The molecule has 2 aromatic carbocycles. The van der Waals surface area contributed by atoms with E-state index in [9.17, 15) is 0 Å². The van der Waals surface area contributed by atoms with Gasteiger partial charge in [-0.1, -0.05) is 42.5 Å². The summed E-state index contributed by atoms with van der Waals surface area (Å²) in [6.45, 7) is 4.18. The normalized spacial score (nSPS) is 10.9. The molecule has 0 saturated heterocycles. The largest absolute Gasteiger partial charge is 0.237 e. The number of rotatable bonds is 4. The van der Waals surface area contributed by atoms with E-state index in [0.717, 1.165) is 23.5 Å². The van der Waals surface area contributed by atoms with Crippen molar-refractivity contribution in [2.75, 3.05) is 5.88 Å². The molecule has 1 aromatic heterocycles. The number of nitrogens with zero attached hydrogens (tertiary/aromatic N) is 2. The average Bonchev–Trinajstić information content (AvgIpc) is 2.84. The highest BCUT2D eigenvalue weighted by atomic mass is 35.5. The Labute approximate surface area is 136 Å². The molecule has 0 aliphatic carbocycles. The Balaban J connectivity index is 2.02. The van der Waals surface area contributed by atoms with E-state index in [2.05, 4.69) is 62.4 Å². The van der Waals surface area contributed by atoms with Gasteiger partial charge in [0.1, 0.15) is 0 Å². The van der Waals surface area contributed by atoms with Crippen molar-refractivity contribution >= 4 is 11.6 Å². The van der Waals surface area contributed by atoms with Crippen LogP contribution in [0.3, 0.4) is 0 Å². The maximum Gasteiger partial charge on any atom is 0.0679 e. The number of alkyl halides is 1. The molecule has 3 aromatic rings. The fraction of sp³-hybridized carbons (Fsp3) is 0.211. The molecule has 1 heterocycles. The van der Waals surface area contributed by atoms with Crippen LogP contribution in [-0.4, -0.2) is 15.7 Å². The Kier molecular flexibility index (Phi) is 4.30. The third-order valence-corrected chi connectivity index (χ3v) is 4.11. The summed E-state index contributed by atoms with van der Waals surface area (Å²) in [6, 6.07) is 18.9. The van der Waals surface area contributed by atoms with E-state index in [0.29, 0.717) is 5.88 Å². The number of halogens is 1.